The average Bonchev–Trinajstić information content (AvgIpc) is 2.88. The van der Waals surface area contributed by atoms with E-state index in [4.69, 9.17) is 5.73 Å². The van der Waals surface area contributed by atoms with Gasteiger partial charge in [0, 0.05) is 45.8 Å². The highest BCUT2D eigenvalue weighted by molar-refractivity contribution is 7.89. The summed E-state index contributed by atoms with van der Waals surface area (Å²) in [5, 5.41) is -0.0814. The Morgan fingerprint density at radius 1 is 0.943 bits per heavy atom. The summed E-state index contributed by atoms with van der Waals surface area (Å²) in [6.07, 6.45) is 1.67. The number of sulfonamides is 2. The maximum atomic E-state index is 13.6. The van der Waals surface area contributed by atoms with Crippen molar-refractivity contribution in [3.05, 3.63) is 59.8 Å². The summed E-state index contributed by atoms with van der Waals surface area (Å²) in [5.41, 5.74) is 7.10. The van der Waals surface area contributed by atoms with Gasteiger partial charge in [0.15, 0.2) is 5.03 Å². The number of carbonyl (C=O) groups excluding carboxylic acids is 1. The predicted molar refractivity (Wildman–Crippen MR) is 131 cm³/mol. The third kappa shape index (κ3) is 5.72. The minimum absolute atomic E-state index is 0.0469. The number of piperidine rings is 1. The van der Waals surface area contributed by atoms with Gasteiger partial charge in [-0.05, 0) is 30.0 Å². The van der Waals surface area contributed by atoms with Crippen molar-refractivity contribution in [2.45, 2.75) is 23.9 Å². The number of amides is 1. The second-order valence-corrected chi connectivity index (χ2v) is 12.9. The Labute approximate surface area is 206 Å². The summed E-state index contributed by atoms with van der Waals surface area (Å²) in [7, 11) is -7.27. The standard InChI is InChI=1S/C23H31N5O5S2/c1-34(30,31)27-12-10-26(11-13-27)23(29)20-14-19(18-6-3-2-4-7-18)16-28(17-20)35(32,33)22-9-5-8-21(15-24)25-22/h2-9,19-20H,10-17,24H2,1H3. The lowest BCUT2D eigenvalue weighted by Crippen LogP contribution is -2.54. The molecule has 10 nitrogen and oxygen atoms in total. The molecule has 3 heterocycles. The maximum absolute atomic E-state index is 13.6. The Morgan fingerprint density at radius 3 is 2.26 bits per heavy atom. The third-order valence-electron chi connectivity index (χ3n) is 6.65. The number of hydrogen-bond acceptors (Lipinski definition) is 7. The van der Waals surface area contributed by atoms with Crippen molar-refractivity contribution in [3.8, 4) is 0 Å². The minimum Gasteiger partial charge on any atom is -0.340 e. The molecule has 0 spiro atoms. The van der Waals surface area contributed by atoms with Crippen LogP contribution in [0, 0.1) is 5.92 Å². The highest BCUT2D eigenvalue weighted by Crippen LogP contribution is 2.34. The fourth-order valence-corrected chi connectivity index (χ4v) is 7.07. The van der Waals surface area contributed by atoms with Gasteiger partial charge in [-0.15, -0.1) is 0 Å². The van der Waals surface area contributed by atoms with E-state index in [9.17, 15) is 21.6 Å². The van der Waals surface area contributed by atoms with Crippen molar-refractivity contribution in [2.24, 2.45) is 11.7 Å². The summed E-state index contributed by atoms with van der Waals surface area (Å²) < 4.78 is 53.5. The van der Waals surface area contributed by atoms with E-state index in [1.807, 2.05) is 30.3 Å². The Kier molecular flexibility index (Phi) is 7.57. The van der Waals surface area contributed by atoms with E-state index in [1.54, 1.807) is 17.0 Å². The number of piperazine rings is 1. The van der Waals surface area contributed by atoms with Crippen LogP contribution >= 0.6 is 0 Å². The molecule has 0 radical (unpaired) electrons. The first-order chi connectivity index (χ1) is 16.6. The van der Waals surface area contributed by atoms with Crippen molar-refractivity contribution >= 4 is 26.0 Å². The van der Waals surface area contributed by atoms with Gasteiger partial charge in [0.1, 0.15) is 0 Å². The van der Waals surface area contributed by atoms with Gasteiger partial charge in [-0.2, -0.15) is 8.61 Å². The van der Waals surface area contributed by atoms with Gasteiger partial charge in [-0.3, -0.25) is 4.79 Å². The molecule has 35 heavy (non-hydrogen) atoms. The smallest absolute Gasteiger partial charge is 0.260 e. The van der Waals surface area contributed by atoms with E-state index in [-0.39, 0.29) is 62.7 Å². The van der Waals surface area contributed by atoms with Crippen LogP contribution in [0.15, 0.2) is 53.6 Å². The van der Waals surface area contributed by atoms with Crippen molar-refractivity contribution in [1.29, 1.82) is 0 Å². The van der Waals surface area contributed by atoms with Crippen LogP contribution < -0.4 is 5.73 Å². The van der Waals surface area contributed by atoms with E-state index in [1.165, 1.54) is 14.7 Å². The SMILES string of the molecule is CS(=O)(=O)N1CCN(C(=O)C2CC(c3ccccc3)CN(S(=O)(=O)c3cccc(CN)n3)C2)CC1. The normalized spacial score (nSPS) is 22.7. The lowest BCUT2D eigenvalue weighted by atomic mass is 9.85. The first-order valence-corrected chi connectivity index (χ1v) is 14.8. The average molecular weight is 522 g/mol. The Balaban J connectivity index is 1.59. The molecule has 2 fully saturated rings. The Bertz CT molecular complexity index is 1260. The number of benzene rings is 1. The summed E-state index contributed by atoms with van der Waals surface area (Å²) in [6.45, 7) is 1.44. The van der Waals surface area contributed by atoms with Crippen LogP contribution in [0.2, 0.25) is 0 Å². The summed E-state index contributed by atoms with van der Waals surface area (Å²) >= 11 is 0. The number of hydrogen-bond donors (Lipinski definition) is 1. The zero-order valence-corrected chi connectivity index (χ0v) is 21.3. The lowest BCUT2D eigenvalue weighted by Gasteiger charge is -2.40. The molecule has 2 aliphatic heterocycles. The third-order valence-corrected chi connectivity index (χ3v) is 9.69. The molecule has 2 aromatic rings. The van der Waals surface area contributed by atoms with Crippen LogP contribution in [0.1, 0.15) is 23.6 Å². The largest absolute Gasteiger partial charge is 0.340 e. The van der Waals surface area contributed by atoms with Crippen LogP contribution in [0.4, 0.5) is 0 Å². The monoisotopic (exact) mass is 521 g/mol. The summed E-state index contributed by atoms with van der Waals surface area (Å²) in [4.78, 5) is 19.4. The van der Waals surface area contributed by atoms with Gasteiger partial charge < -0.3 is 10.6 Å². The Morgan fingerprint density at radius 2 is 1.63 bits per heavy atom. The fraction of sp³-hybridized carbons (Fsp3) is 0.478. The maximum Gasteiger partial charge on any atom is 0.260 e. The van der Waals surface area contributed by atoms with Gasteiger partial charge in [0.05, 0.1) is 17.9 Å². The highest BCUT2D eigenvalue weighted by atomic mass is 32.2. The van der Waals surface area contributed by atoms with E-state index in [2.05, 4.69) is 4.98 Å². The Hall–Kier alpha value is -2.38. The summed E-state index contributed by atoms with van der Waals surface area (Å²) in [6, 6.07) is 14.3. The zero-order chi connectivity index (χ0) is 25.2. The van der Waals surface area contributed by atoms with E-state index >= 15 is 0 Å². The molecule has 0 saturated carbocycles. The predicted octanol–water partition coefficient (Wildman–Crippen LogP) is 0.439. The molecule has 1 amide bonds. The molecular formula is C23H31N5O5S2. The fourth-order valence-electron chi connectivity index (χ4n) is 4.75. The molecule has 0 aliphatic carbocycles. The van der Waals surface area contributed by atoms with Crippen molar-refractivity contribution in [1.82, 2.24) is 18.5 Å². The molecular weight excluding hydrogens is 490 g/mol. The van der Waals surface area contributed by atoms with Gasteiger partial charge in [-0.25, -0.2) is 21.8 Å². The number of rotatable bonds is 6. The molecule has 4 rings (SSSR count). The van der Waals surface area contributed by atoms with Crippen LogP contribution in [0.3, 0.4) is 0 Å². The summed E-state index contributed by atoms with van der Waals surface area (Å²) in [5.74, 6) is -0.863. The molecule has 2 N–H and O–H groups in total. The van der Waals surface area contributed by atoms with Crippen molar-refractivity contribution in [3.63, 3.8) is 0 Å². The molecule has 12 heteroatoms. The molecule has 0 bridgehead atoms. The number of pyridine rings is 1. The molecule has 1 aromatic carbocycles. The quantitative estimate of drug-likeness (QED) is 0.583. The molecule has 2 unspecified atom stereocenters. The van der Waals surface area contributed by atoms with Gasteiger partial charge in [0.2, 0.25) is 15.9 Å². The topological polar surface area (TPSA) is 134 Å². The number of nitrogens with zero attached hydrogens (tertiary/aromatic N) is 4. The van der Waals surface area contributed by atoms with Gasteiger partial charge in [-0.1, -0.05) is 36.4 Å². The van der Waals surface area contributed by atoms with Crippen molar-refractivity contribution < 1.29 is 21.6 Å². The molecule has 2 atom stereocenters. The zero-order valence-electron chi connectivity index (χ0n) is 19.7. The van der Waals surface area contributed by atoms with Crippen LogP contribution in [-0.2, 0) is 31.4 Å². The second-order valence-electron chi connectivity index (χ2n) is 9.02. The van der Waals surface area contributed by atoms with Gasteiger partial charge >= 0.3 is 0 Å². The number of carbonyl (C=O) groups is 1. The first-order valence-electron chi connectivity index (χ1n) is 11.5. The van der Waals surface area contributed by atoms with Crippen LogP contribution in [0.5, 0.6) is 0 Å². The molecule has 1 aromatic heterocycles. The van der Waals surface area contributed by atoms with Crippen LogP contribution in [-0.4, -0.2) is 86.8 Å². The van der Waals surface area contributed by atoms with E-state index in [0.29, 0.717) is 12.1 Å². The van der Waals surface area contributed by atoms with Gasteiger partial charge in [0.25, 0.3) is 10.0 Å². The van der Waals surface area contributed by atoms with Crippen molar-refractivity contribution in [2.75, 3.05) is 45.5 Å². The molecule has 2 aliphatic rings. The first kappa shape index (κ1) is 25.7. The lowest BCUT2D eigenvalue weighted by molar-refractivity contribution is -0.138. The number of aromatic nitrogens is 1. The molecule has 2 saturated heterocycles. The van der Waals surface area contributed by atoms with Crippen LogP contribution in [0.25, 0.3) is 0 Å². The van der Waals surface area contributed by atoms with E-state index < -0.39 is 26.0 Å². The molecule has 190 valence electrons. The number of nitrogens with two attached hydrogens (primary N) is 1. The van der Waals surface area contributed by atoms with E-state index in [0.717, 1.165) is 11.8 Å². The highest BCUT2D eigenvalue weighted by Gasteiger charge is 2.40. The second kappa shape index (κ2) is 10.3. The minimum atomic E-state index is -3.95.